The van der Waals surface area contributed by atoms with Crippen LogP contribution in [0.1, 0.15) is 52.9 Å². The smallest absolute Gasteiger partial charge is 0.311 e. The van der Waals surface area contributed by atoms with Gasteiger partial charge in [-0.2, -0.15) is 0 Å². The Hall–Kier alpha value is -0.570. The summed E-state index contributed by atoms with van der Waals surface area (Å²) in [6.07, 6.45) is 4.45. The van der Waals surface area contributed by atoms with Crippen LogP contribution in [0.25, 0.3) is 0 Å². The number of hydrogen-bond donors (Lipinski definition) is 1. The highest BCUT2D eigenvalue weighted by molar-refractivity contribution is 5.73. The molecule has 1 fully saturated rings. The minimum atomic E-state index is -0.874. The van der Waals surface area contributed by atoms with Crippen LogP contribution in [0.2, 0.25) is 0 Å². The number of carbonyl (C=O) groups is 1. The molecule has 0 aliphatic heterocycles. The van der Waals surface area contributed by atoms with E-state index in [4.69, 9.17) is 4.74 Å². The van der Waals surface area contributed by atoms with E-state index in [-0.39, 0.29) is 11.4 Å². The standard InChI is InChI=1S/C13H24O3/c1-10(11(14)16-4)13(15)7-5-6-12(2,3)8-9-13/h10,15H,5-9H2,1-4H3. The van der Waals surface area contributed by atoms with E-state index < -0.39 is 11.5 Å². The Bertz CT molecular complexity index is 260. The number of esters is 1. The van der Waals surface area contributed by atoms with Crippen LogP contribution in [0.4, 0.5) is 0 Å². The molecule has 3 nitrogen and oxygen atoms in total. The molecule has 0 bridgehead atoms. The first kappa shape index (κ1) is 13.5. The van der Waals surface area contributed by atoms with E-state index in [9.17, 15) is 9.90 Å². The third kappa shape index (κ3) is 2.97. The van der Waals surface area contributed by atoms with Crippen LogP contribution in [-0.2, 0) is 9.53 Å². The summed E-state index contributed by atoms with van der Waals surface area (Å²) in [5, 5.41) is 10.6. The lowest BCUT2D eigenvalue weighted by Gasteiger charge is -2.32. The van der Waals surface area contributed by atoms with Crippen molar-refractivity contribution in [3.63, 3.8) is 0 Å². The van der Waals surface area contributed by atoms with Gasteiger partial charge in [0.1, 0.15) is 0 Å². The number of rotatable bonds is 2. The lowest BCUT2D eigenvalue weighted by atomic mass is 9.80. The van der Waals surface area contributed by atoms with E-state index in [0.717, 1.165) is 19.3 Å². The predicted molar refractivity (Wildman–Crippen MR) is 63.0 cm³/mol. The van der Waals surface area contributed by atoms with Gasteiger partial charge in [0.15, 0.2) is 0 Å². The highest BCUT2D eigenvalue weighted by Gasteiger charge is 2.41. The molecule has 1 saturated carbocycles. The van der Waals surface area contributed by atoms with Crippen molar-refractivity contribution in [1.82, 2.24) is 0 Å². The first-order chi connectivity index (χ1) is 7.31. The molecule has 1 N–H and O–H groups in total. The maximum absolute atomic E-state index is 11.5. The summed E-state index contributed by atoms with van der Waals surface area (Å²) in [6, 6.07) is 0. The minimum Gasteiger partial charge on any atom is -0.469 e. The number of ether oxygens (including phenoxy) is 1. The Kier molecular flexibility index (Phi) is 4.00. The second-order valence-electron chi connectivity index (χ2n) is 5.87. The van der Waals surface area contributed by atoms with E-state index in [1.807, 2.05) is 0 Å². The lowest BCUT2D eigenvalue weighted by Crippen LogP contribution is -2.41. The quantitative estimate of drug-likeness (QED) is 0.583. The summed E-state index contributed by atoms with van der Waals surface area (Å²) < 4.78 is 4.72. The van der Waals surface area contributed by atoms with E-state index in [2.05, 4.69) is 13.8 Å². The Morgan fingerprint density at radius 3 is 2.44 bits per heavy atom. The fraction of sp³-hybridized carbons (Fsp3) is 0.923. The van der Waals surface area contributed by atoms with Crippen molar-refractivity contribution in [3.05, 3.63) is 0 Å². The van der Waals surface area contributed by atoms with Crippen molar-refractivity contribution in [2.24, 2.45) is 11.3 Å². The molecule has 0 amide bonds. The maximum Gasteiger partial charge on any atom is 0.311 e. The SMILES string of the molecule is COC(=O)C(C)C1(O)CCCC(C)(C)CC1. The van der Waals surface area contributed by atoms with E-state index in [1.165, 1.54) is 7.11 Å². The summed E-state index contributed by atoms with van der Waals surface area (Å²) in [6.45, 7) is 6.22. The molecule has 94 valence electrons. The molecule has 2 atom stereocenters. The molecule has 0 aromatic carbocycles. The van der Waals surface area contributed by atoms with Crippen molar-refractivity contribution >= 4 is 5.97 Å². The number of methoxy groups -OCH3 is 1. The summed E-state index contributed by atoms with van der Waals surface area (Å²) in [5.41, 5.74) is -0.596. The second-order valence-corrected chi connectivity index (χ2v) is 5.87. The van der Waals surface area contributed by atoms with Gasteiger partial charge in [-0.25, -0.2) is 0 Å². The molecule has 1 rings (SSSR count). The van der Waals surface area contributed by atoms with Crippen LogP contribution in [-0.4, -0.2) is 23.8 Å². The molecule has 1 aliphatic carbocycles. The third-order valence-corrected chi connectivity index (χ3v) is 4.06. The maximum atomic E-state index is 11.5. The molecule has 0 aromatic rings. The van der Waals surface area contributed by atoms with Gasteiger partial charge in [0.2, 0.25) is 0 Å². The van der Waals surface area contributed by atoms with Crippen molar-refractivity contribution < 1.29 is 14.6 Å². The molecule has 0 saturated heterocycles. The van der Waals surface area contributed by atoms with Crippen LogP contribution in [0.3, 0.4) is 0 Å². The zero-order valence-corrected chi connectivity index (χ0v) is 10.9. The van der Waals surface area contributed by atoms with Gasteiger partial charge in [-0.15, -0.1) is 0 Å². The van der Waals surface area contributed by atoms with Crippen LogP contribution < -0.4 is 0 Å². The fourth-order valence-electron chi connectivity index (χ4n) is 2.51. The predicted octanol–water partition coefficient (Wildman–Crippen LogP) is 2.52. The fourth-order valence-corrected chi connectivity index (χ4v) is 2.51. The van der Waals surface area contributed by atoms with Crippen LogP contribution in [0, 0.1) is 11.3 Å². The van der Waals surface area contributed by atoms with Crippen LogP contribution >= 0.6 is 0 Å². The van der Waals surface area contributed by atoms with E-state index in [1.54, 1.807) is 6.92 Å². The van der Waals surface area contributed by atoms with Gasteiger partial charge in [0, 0.05) is 0 Å². The molecule has 0 radical (unpaired) electrons. The zero-order chi connectivity index (χ0) is 12.4. The first-order valence-corrected chi connectivity index (χ1v) is 6.11. The van der Waals surface area contributed by atoms with Gasteiger partial charge in [-0.05, 0) is 38.0 Å². The monoisotopic (exact) mass is 228 g/mol. The first-order valence-electron chi connectivity index (χ1n) is 6.11. The van der Waals surface area contributed by atoms with Crippen molar-refractivity contribution in [1.29, 1.82) is 0 Å². The summed E-state index contributed by atoms with van der Waals surface area (Å²) in [7, 11) is 1.38. The van der Waals surface area contributed by atoms with E-state index >= 15 is 0 Å². The summed E-state index contributed by atoms with van der Waals surface area (Å²) >= 11 is 0. The molecule has 0 heterocycles. The highest BCUT2D eigenvalue weighted by atomic mass is 16.5. The Morgan fingerprint density at radius 1 is 1.25 bits per heavy atom. The molecule has 1 aliphatic rings. The molecule has 0 aromatic heterocycles. The largest absolute Gasteiger partial charge is 0.469 e. The second kappa shape index (κ2) is 4.74. The third-order valence-electron chi connectivity index (χ3n) is 4.06. The highest BCUT2D eigenvalue weighted by Crippen LogP contribution is 2.41. The van der Waals surface area contributed by atoms with Gasteiger partial charge >= 0.3 is 5.97 Å². The van der Waals surface area contributed by atoms with Crippen molar-refractivity contribution in [2.45, 2.75) is 58.5 Å². The summed E-state index contributed by atoms with van der Waals surface area (Å²) in [5.74, 6) is -0.728. The number of aliphatic hydroxyl groups is 1. The van der Waals surface area contributed by atoms with Crippen molar-refractivity contribution in [2.75, 3.05) is 7.11 Å². The molecule has 16 heavy (non-hydrogen) atoms. The van der Waals surface area contributed by atoms with Crippen LogP contribution in [0.5, 0.6) is 0 Å². The molecule has 0 spiro atoms. The molecular weight excluding hydrogens is 204 g/mol. The van der Waals surface area contributed by atoms with Crippen LogP contribution in [0.15, 0.2) is 0 Å². The van der Waals surface area contributed by atoms with Gasteiger partial charge in [0.05, 0.1) is 18.6 Å². The Labute approximate surface area is 98.2 Å². The summed E-state index contributed by atoms with van der Waals surface area (Å²) in [4.78, 5) is 11.5. The Morgan fingerprint density at radius 2 is 1.88 bits per heavy atom. The lowest BCUT2D eigenvalue weighted by molar-refractivity contribution is -0.155. The van der Waals surface area contributed by atoms with Gasteiger partial charge in [-0.1, -0.05) is 20.3 Å². The molecule has 2 unspecified atom stereocenters. The average molecular weight is 228 g/mol. The molecular formula is C13H24O3. The topological polar surface area (TPSA) is 46.5 Å². The zero-order valence-electron chi connectivity index (χ0n) is 10.9. The number of hydrogen-bond acceptors (Lipinski definition) is 3. The van der Waals surface area contributed by atoms with Crippen molar-refractivity contribution in [3.8, 4) is 0 Å². The average Bonchev–Trinajstić information content (AvgIpc) is 2.37. The number of carbonyl (C=O) groups excluding carboxylic acids is 1. The normalized spacial score (nSPS) is 31.6. The Balaban J connectivity index is 2.74. The van der Waals surface area contributed by atoms with Gasteiger partial charge < -0.3 is 9.84 Å². The molecule has 3 heteroatoms. The van der Waals surface area contributed by atoms with E-state index in [0.29, 0.717) is 12.8 Å². The minimum absolute atomic E-state index is 0.278. The van der Waals surface area contributed by atoms with Gasteiger partial charge in [0.25, 0.3) is 0 Å². The van der Waals surface area contributed by atoms with Gasteiger partial charge in [-0.3, -0.25) is 4.79 Å².